The van der Waals surface area contributed by atoms with E-state index in [0.717, 1.165) is 0 Å². The third-order valence-electron chi connectivity index (χ3n) is 6.28. The van der Waals surface area contributed by atoms with Gasteiger partial charge in [0, 0.05) is 18.2 Å². The van der Waals surface area contributed by atoms with Crippen LogP contribution >= 0.6 is 23.2 Å². The van der Waals surface area contributed by atoms with E-state index in [9.17, 15) is 18.8 Å². The predicted molar refractivity (Wildman–Crippen MR) is 140 cm³/mol. The van der Waals surface area contributed by atoms with Crippen molar-refractivity contribution >= 4 is 46.5 Å². The maximum absolute atomic E-state index is 12.7. The van der Waals surface area contributed by atoms with E-state index in [0.29, 0.717) is 34.3 Å². The molecule has 1 saturated heterocycles. The summed E-state index contributed by atoms with van der Waals surface area (Å²) < 4.78 is 29.8. The molecule has 2 aliphatic rings. The molecule has 0 bridgehead atoms. The number of nitrogens with zero attached hydrogens (tertiary/aromatic N) is 5. The van der Waals surface area contributed by atoms with E-state index in [1.807, 2.05) is 11.1 Å². The summed E-state index contributed by atoms with van der Waals surface area (Å²) in [7, 11) is 0. The summed E-state index contributed by atoms with van der Waals surface area (Å²) >= 11 is 12.4. The molecule has 1 fully saturated rings. The van der Waals surface area contributed by atoms with Crippen LogP contribution in [0.3, 0.4) is 0 Å². The number of carbonyl (C=O) groups excluding carboxylic acids is 1. The molecule has 1 unspecified atom stereocenters. The number of benzene rings is 2. The Morgan fingerprint density at radius 3 is 2.71 bits per heavy atom. The molecule has 0 spiro atoms. The molecule has 2 aromatic rings. The van der Waals surface area contributed by atoms with Gasteiger partial charge in [-0.25, -0.2) is 10.0 Å². The SMILES string of the molecule is CC1(C)C[C@H](C(N)=O)N(C2CN(C(=Nc3cccc(OC(F)F)c3)NC#N)N=C2c2ccc(Cl)c(Cl)c2)C1. The van der Waals surface area contributed by atoms with Crippen LogP contribution in [0, 0.1) is 16.9 Å². The normalized spacial score (nSPS) is 21.4. The van der Waals surface area contributed by atoms with Gasteiger partial charge in [-0.3, -0.25) is 15.0 Å². The van der Waals surface area contributed by atoms with Gasteiger partial charge in [-0.2, -0.15) is 19.1 Å². The van der Waals surface area contributed by atoms with Crippen LogP contribution in [0.4, 0.5) is 14.5 Å². The van der Waals surface area contributed by atoms with Crippen LogP contribution in [-0.4, -0.2) is 59.3 Å². The monoisotopic (exact) mass is 563 g/mol. The number of likely N-dealkylation sites (tertiary alicyclic amines) is 1. The van der Waals surface area contributed by atoms with Crippen molar-refractivity contribution in [2.45, 2.75) is 39.0 Å². The summed E-state index contributed by atoms with van der Waals surface area (Å²) in [5, 5.41) is 18.9. The Balaban J connectivity index is 1.76. The maximum Gasteiger partial charge on any atom is 0.387 e. The first-order chi connectivity index (χ1) is 18.0. The lowest BCUT2D eigenvalue weighted by Gasteiger charge is -2.30. The zero-order valence-electron chi connectivity index (χ0n) is 20.5. The minimum atomic E-state index is -2.99. The number of hydrogen-bond acceptors (Lipinski definition) is 6. The topological polar surface area (TPSA) is 119 Å². The first-order valence-corrected chi connectivity index (χ1v) is 12.4. The van der Waals surface area contributed by atoms with Gasteiger partial charge in [0.25, 0.3) is 0 Å². The molecule has 13 heteroatoms. The molecule has 2 heterocycles. The number of aliphatic imine (C=N–C) groups is 1. The number of nitriles is 1. The molecular formula is C25H25Cl2F2N7O2. The van der Waals surface area contributed by atoms with Gasteiger partial charge in [0.15, 0.2) is 6.19 Å². The number of hydrogen-bond donors (Lipinski definition) is 2. The molecule has 0 saturated carbocycles. The maximum atomic E-state index is 12.7. The molecule has 1 amide bonds. The van der Waals surface area contributed by atoms with Crippen LogP contribution in [0.5, 0.6) is 5.75 Å². The highest BCUT2D eigenvalue weighted by molar-refractivity contribution is 6.42. The third-order valence-corrected chi connectivity index (χ3v) is 7.02. The van der Waals surface area contributed by atoms with Gasteiger partial charge in [-0.15, -0.1) is 0 Å². The smallest absolute Gasteiger partial charge is 0.387 e. The number of guanidine groups is 1. The van der Waals surface area contributed by atoms with Crippen molar-refractivity contribution in [3.05, 3.63) is 58.1 Å². The van der Waals surface area contributed by atoms with Crippen LogP contribution in [0.15, 0.2) is 52.6 Å². The Bertz CT molecular complexity index is 1330. The van der Waals surface area contributed by atoms with E-state index in [4.69, 9.17) is 34.0 Å². The number of amides is 1. The fraction of sp³-hybridized carbons (Fsp3) is 0.360. The molecule has 4 rings (SSSR count). The summed E-state index contributed by atoms with van der Waals surface area (Å²) in [6, 6.07) is 9.91. The minimum absolute atomic E-state index is 0.0517. The summed E-state index contributed by atoms with van der Waals surface area (Å²) in [5.74, 6) is -0.473. The van der Waals surface area contributed by atoms with Crippen molar-refractivity contribution in [2.75, 3.05) is 13.1 Å². The lowest BCUT2D eigenvalue weighted by Crippen LogP contribution is -2.51. The molecule has 0 aromatic heterocycles. The largest absolute Gasteiger partial charge is 0.435 e. The summed E-state index contributed by atoms with van der Waals surface area (Å²) in [6.45, 7) is 1.92. The van der Waals surface area contributed by atoms with Crippen molar-refractivity contribution < 1.29 is 18.3 Å². The third kappa shape index (κ3) is 6.15. The fourth-order valence-electron chi connectivity index (χ4n) is 4.74. The first kappa shape index (κ1) is 27.6. The highest BCUT2D eigenvalue weighted by Crippen LogP contribution is 2.38. The molecule has 0 aliphatic carbocycles. The molecule has 38 heavy (non-hydrogen) atoms. The predicted octanol–water partition coefficient (Wildman–Crippen LogP) is 4.33. The zero-order chi connectivity index (χ0) is 27.6. The van der Waals surface area contributed by atoms with Crippen LogP contribution in [0.1, 0.15) is 25.8 Å². The summed E-state index contributed by atoms with van der Waals surface area (Å²) in [5.41, 5.74) is 7.11. The number of nitrogens with one attached hydrogen (secondary N) is 1. The van der Waals surface area contributed by atoms with E-state index < -0.39 is 24.6 Å². The number of hydrazone groups is 1. The number of primary amides is 1. The highest BCUT2D eigenvalue weighted by atomic mass is 35.5. The molecule has 200 valence electrons. The van der Waals surface area contributed by atoms with Gasteiger partial charge in [0.2, 0.25) is 11.9 Å². The average molecular weight is 564 g/mol. The van der Waals surface area contributed by atoms with Crippen molar-refractivity contribution in [3.8, 4) is 11.9 Å². The Kier molecular flexibility index (Phi) is 8.06. The minimum Gasteiger partial charge on any atom is -0.435 e. The van der Waals surface area contributed by atoms with Gasteiger partial charge in [0.1, 0.15) is 5.75 Å². The molecule has 9 nitrogen and oxygen atoms in total. The fourth-order valence-corrected chi connectivity index (χ4v) is 5.04. The summed E-state index contributed by atoms with van der Waals surface area (Å²) in [6.07, 6.45) is 2.41. The Morgan fingerprint density at radius 1 is 1.29 bits per heavy atom. The highest BCUT2D eigenvalue weighted by Gasteiger charge is 2.47. The zero-order valence-corrected chi connectivity index (χ0v) is 22.0. The number of carbonyl (C=O) groups is 1. The quantitative estimate of drug-likeness (QED) is 0.233. The lowest BCUT2D eigenvalue weighted by atomic mass is 9.90. The average Bonchev–Trinajstić information content (AvgIpc) is 3.41. The van der Waals surface area contributed by atoms with Crippen LogP contribution in [0.25, 0.3) is 0 Å². The first-order valence-electron chi connectivity index (χ1n) is 11.6. The molecular weight excluding hydrogens is 539 g/mol. The second kappa shape index (κ2) is 11.1. The molecule has 3 N–H and O–H groups in total. The number of nitrogens with two attached hydrogens (primary N) is 1. The van der Waals surface area contributed by atoms with Gasteiger partial charge in [-0.1, -0.05) is 49.2 Å². The second-order valence-electron chi connectivity index (χ2n) is 9.72. The van der Waals surface area contributed by atoms with Gasteiger partial charge >= 0.3 is 6.61 Å². The molecule has 2 atom stereocenters. The number of rotatable bonds is 6. The van der Waals surface area contributed by atoms with E-state index >= 15 is 0 Å². The van der Waals surface area contributed by atoms with Crippen molar-refractivity contribution in [1.82, 2.24) is 15.2 Å². The molecule has 0 radical (unpaired) electrons. The standard InChI is InChI=1S/C25H25Cl2F2N7O2/c1-25(2)10-19(22(31)37)35(12-25)20-11-36(34-21(20)14-6-7-17(26)18(27)8-14)24(32-13-30)33-15-4-3-5-16(9-15)38-23(28)29/h3-9,19-20,23H,10-12H2,1-2H3,(H2,31,37)(H,32,33)/t19-,20?/m1/s1. The van der Waals surface area contributed by atoms with Crippen molar-refractivity contribution in [2.24, 2.45) is 21.2 Å². The van der Waals surface area contributed by atoms with E-state index in [-0.39, 0.29) is 29.4 Å². The van der Waals surface area contributed by atoms with E-state index in [2.05, 4.69) is 28.9 Å². The van der Waals surface area contributed by atoms with Gasteiger partial charge < -0.3 is 10.5 Å². The van der Waals surface area contributed by atoms with Crippen molar-refractivity contribution in [3.63, 3.8) is 0 Å². The Hall–Kier alpha value is -3.46. The summed E-state index contributed by atoms with van der Waals surface area (Å²) in [4.78, 5) is 18.8. The van der Waals surface area contributed by atoms with E-state index in [1.54, 1.807) is 24.3 Å². The number of ether oxygens (including phenoxy) is 1. The molecule has 2 aliphatic heterocycles. The van der Waals surface area contributed by atoms with Crippen LogP contribution in [-0.2, 0) is 4.79 Å². The van der Waals surface area contributed by atoms with Crippen LogP contribution in [0.2, 0.25) is 10.0 Å². The van der Waals surface area contributed by atoms with Crippen molar-refractivity contribution in [1.29, 1.82) is 5.26 Å². The number of halogens is 4. The number of alkyl halides is 2. The Labute approximate surface area is 228 Å². The van der Waals surface area contributed by atoms with E-state index in [1.165, 1.54) is 23.2 Å². The van der Waals surface area contributed by atoms with Crippen LogP contribution < -0.4 is 15.8 Å². The lowest BCUT2D eigenvalue weighted by molar-refractivity contribution is -0.122. The molecule has 2 aromatic carbocycles. The van der Waals surface area contributed by atoms with Gasteiger partial charge in [0.05, 0.1) is 40.1 Å². The Morgan fingerprint density at radius 2 is 2.05 bits per heavy atom. The second-order valence-corrected chi connectivity index (χ2v) is 10.5. The van der Waals surface area contributed by atoms with Gasteiger partial charge in [-0.05, 0) is 36.1 Å².